The van der Waals surface area contributed by atoms with Crippen molar-refractivity contribution in [1.82, 2.24) is 4.90 Å². The Labute approximate surface area is 117 Å². The van der Waals surface area contributed by atoms with E-state index in [0.717, 1.165) is 12.6 Å². The van der Waals surface area contributed by atoms with Crippen molar-refractivity contribution in [1.29, 1.82) is 0 Å². The summed E-state index contributed by atoms with van der Waals surface area (Å²) in [5.41, 5.74) is 6.02. The summed E-state index contributed by atoms with van der Waals surface area (Å²) in [4.78, 5) is 2.02. The second-order valence-corrected chi connectivity index (χ2v) is 5.25. The van der Waals surface area contributed by atoms with Crippen LogP contribution in [0.5, 0.6) is 0 Å². The molecule has 0 spiro atoms. The van der Waals surface area contributed by atoms with Crippen molar-refractivity contribution >= 4 is 5.84 Å². The van der Waals surface area contributed by atoms with Crippen molar-refractivity contribution in [3.05, 3.63) is 35.4 Å². The Balaban J connectivity index is 2.72. The lowest BCUT2D eigenvalue weighted by Crippen LogP contribution is -2.31. The summed E-state index contributed by atoms with van der Waals surface area (Å²) in [6.07, 6.45) is 0.404. The zero-order valence-electron chi connectivity index (χ0n) is 11.8. The molecule has 0 aliphatic rings. The molecule has 112 valence electrons. The SMILES string of the molecule is CC(C)CN(CC/C(N)=N/O)Cc1cc(F)cc(F)c1. The first-order valence-electron chi connectivity index (χ1n) is 6.54. The van der Waals surface area contributed by atoms with Gasteiger partial charge in [0.1, 0.15) is 17.5 Å². The minimum absolute atomic E-state index is 0.143. The van der Waals surface area contributed by atoms with Crippen LogP contribution in [0.3, 0.4) is 0 Å². The maximum absolute atomic E-state index is 13.2. The van der Waals surface area contributed by atoms with Gasteiger partial charge in [-0.15, -0.1) is 0 Å². The molecule has 0 fully saturated rings. The van der Waals surface area contributed by atoms with Gasteiger partial charge in [-0.25, -0.2) is 8.78 Å². The lowest BCUT2D eigenvalue weighted by atomic mass is 10.1. The first-order chi connectivity index (χ1) is 9.40. The first-order valence-corrected chi connectivity index (χ1v) is 6.54. The second kappa shape index (κ2) is 7.79. The van der Waals surface area contributed by atoms with E-state index in [1.807, 2.05) is 4.90 Å². The van der Waals surface area contributed by atoms with Crippen LogP contribution < -0.4 is 5.73 Å². The lowest BCUT2D eigenvalue weighted by Gasteiger charge is -2.24. The molecule has 6 heteroatoms. The fourth-order valence-corrected chi connectivity index (χ4v) is 2.03. The van der Waals surface area contributed by atoms with Crippen LogP contribution >= 0.6 is 0 Å². The van der Waals surface area contributed by atoms with Gasteiger partial charge in [0.15, 0.2) is 0 Å². The van der Waals surface area contributed by atoms with E-state index in [2.05, 4.69) is 19.0 Å². The van der Waals surface area contributed by atoms with E-state index in [9.17, 15) is 8.78 Å². The highest BCUT2D eigenvalue weighted by atomic mass is 19.1. The molecule has 4 nitrogen and oxygen atoms in total. The van der Waals surface area contributed by atoms with Crippen molar-refractivity contribution in [2.24, 2.45) is 16.8 Å². The van der Waals surface area contributed by atoms with Gasteiger partial charge in [0.05, 0.1) is 0 Å². The summed E-state index contributed by atoms with van der Waals surface area (Å²) in [5.74, 6) is -0.619. The smallest absolute Gasteiger partial charge is 0.140 e. The minimum Gasteiger partial charge on any atom is -0.409 e. The Morgan fingerprint density at radius 2 is 1.90 bits per heavy atom. The number of oxime groups is 1. The van der Waals surface area contributed by atoms with Crippen LogP contribution in [-0.4, -0.2) is 29.0 Å². The number of hydrogen-bond acceptors (Lipinski definition) is 3. The molecule has 0 saturated heterocycles. The van der Waals surface area contributed by atoms with Crippen LogP contribution in [0.2, 0.25) is 0 Å². The second-order valence-electron chi connectivity index (χ2n) is 5.25. The largest absolute Gasteiger partial charge is 0.409 e. The van der Waals surface area contributed by atoms with Gasteiger partial charge in [0.25, 0.3) is 0 Å². The zero-order valence-corrected chi connectivity index (χ0v) is 11.8. The van der Waals surface area contributed by atoms with Gasteiger partial charge in [0, 0.05) is 32.1 Å². The third-order valence-electron chi connectivity index (χ3n) is 2.76. The number of nitrogens with two attached hydrogens (primary N) is 1. The normalized spacial score (nSPS) is 12.4. The van der Waals surface area contributed by atoms with Crippen molar-refractivity contribution < 1.29 is 14.0 Å². The molecule has 0 radical (unpaired) electrons. The van der Waals surface area contributed by atoms with E-state index >= 15 is 0 Å². The highest BCUT2D eigenvalue weighted by Crippen LogP contribution is 2.12. The maximum atomic E-state index is 13.2. The standard InChI is InChI=1S/C14H21F2N3O/c1-10(2)8-19(4-3-14(17)18-20)9-11-5-12(15)7-13(16)6-11/h5-7,10,20H,3-4,8-9H2,1-2H3,(H2,17,18). The van der Waals surface area contributed by atoms with Crippen molar-refractivity contribution in [2.75, 3.05) is 13.1 Å². The average Bonchev–Trinajstić information content (AvgIpc) is 2.33. The Morgan fingerprint density at radius 1 is 1.30 bits per heavy atom. The number of rotatable bonds is 7. The number of nitrogens with zero attached hydrogens (tertiary/aromatic N) is 2. The van der Waals surface area contributed by atoms with Crippen LogP contribution in [0.15, 0.2) is 23.4 Å². The predicted molar refractivity (Wildman–Crippen MR) is 74.5 cm³/mol. The van der Waals surface area contributed by atoms with Crippen molar-refractivity contribution in [3.8, 4) is 0 Å². The summed E-state index contributed by atoms with van der Waals surface area (Å²) in [5, 5.41) is 11.5. The number of hydrogen-bond donors (Lipinski definition) is 2. The van der Waals surface area contributed by atoms with Gasteiger partial charge in [-0.3, -0.25) is 4.90 Å². The van der Waals surface area contributed by atoms with Gasteiger partial charge in [-0.05, 0) is 23.6 Å². The predicted octanol–water partition coefficient (Wildman–Crippen LogP) is 2.56. The zero-order chi connectivity index (χ0) is 15.1. The lowest BCUT2D eigenvalue weighted by molar-refractivity contribution is 0.240. The molecule has 0 saturated carbocycles. The van der Waals surface area contributed by atoms with E-state index in [1.165, 1.54) is 12.1 Å². The summed E-state index contributed by atoms with van der Waals surface area (Å²) in [6, 6.07) is 3.49. The average molecular weight is 285 g/mol. The molecule has 1 aromatic carbocycles. The maximum Gasteiger partial charge on any atom is 0.140 e. The topological polar surface area (TPSA) is 61.8 Å². The number of halogens is 2. The van der Waals surface area contributed by atoms with E-state index in [-0.39, 0.29) is 5.84 Å². The fourth-order valence-electron chi connectivity index (χ4n) is 2.03. The summed E-state index contributed by atoms with van der Waals surface area (Å²) < 4.78 is 26.4. The monoisotopic (exact) mass is 285 g/mol. The third kappa shape index (κ3) is 5.97. The minimum atomic E-state index is -0.582. The van der Waals surface area contributed by atoms with E-state index in [4.69, 9.17) is 10.9 Å². The highest BCUT2D eigenvalue weighted by Gasteiger charge is 2.11. The molecule has 1 rings (SSSR count). The van der Waals surface area contributed by atoms with Gasteiger partial charge >= 0.3 is 0 Å². The molecule has 0 heterocycles. The number of benzene rings is 1. The summed E-state index contributed by atoms with van der Waals surface area (Å²) in [6.45, 7) is 5.86. The van der Waals surface area contributed by atoms with E-state index in [0.29, 0.717) is 31.0 Å². The fraction of sp³-hybridized carbons (Fsp3) is 0.500. The Hall–Kier alpha value is -1.69. The van der Waals surface area contributed by atoms with Crippen LogP contribution in [0, 0.1) is 17.6 Å². The third-order valence-corrected chi connectivity index (χ3v) is 2.76. The Bertz CT molecular complexity index is 443. The van der Waals surface area contributed by atoms with E-state index < -0.39 is 11.6 Å². The van der Waals surface area contributed by atoms with Crippen LogP contribution in [-0.2, 0) is 6.54 Å². The molecule has 0 unspecified atom stereocenters. The van der Waals surface area contributed by atoms with Crippen LogP contribution in [0.25, 0.3) is 0 Å². The summed E-state index contributed by atoms with van der Waals surface area (Å²) in [7, 11) is 0. The molecule has 20 heavy (non-hydrogen) atoms. The Morgan fingerprint density at radius 3 is 2.40 bits per heavy atom. The molecule has 0 aliphatic heterocycles. The molecule has 1 aromatic rings. The van der Waals surface area contributed by atoms with Gasteiger partial charge in [-0.2, -0.15) is 0 Å². The molecular formula is C14H21F2N3O. The first kappa shape index (κ1) is 16.4. The molecule has 0 amide bonds. The Kier molecular flexibility index (Phi) is 6.38. The molecule has 0 aromatic heterocycles. The summed E-state index contributed by atoms with van der Waals surface area (Å²) >= 11 is 0. The van der Waals surface area contributed by atoms with Crippen molar-refractivity contribution in [2.45, 2.75) is 26.8 Å². The van der Waals surface area contributed by atoms with Gasteiger partial charge < -0.3 is 10.9 Å². The van der Waals surface area contributed by atoms with Crippen LogP contribution in [0.1, 0.15) is 25.8 Å². The van der Waals surface area contributed by atoms with E-state index in [1.54, 1.807) is 0 Å². The van der Waals surface area contributed by atoms with Crippen LogP contribution in [0.4, 0.5) is 8.78 Å². The molecule has 0 bridgehead atoms. The number of amidine groups is 1. The van der Waals surface area contributed by atoms with Gasteiger partial charge in [0.2, 0.25) is 0 Å². The quantitative estimate of drug-likeness (QED) is 0.350. The molecule has 3 N–H and O–H groups in total. The van der Waals surface area contributed by atoms with Gasteiger partial charge in [-0.1, -0.05) is 19.0 Å². The molecular weight excluding hydrogens is 264 g/mol. The molecule has 0 aliphatic carbocycles. The highest BCUT2D eigenvalue weighted by molar-refractivity contribution is 5.79. The van der Waals surface area contributed by atoms with Crippen molar-refractivity contribution in [3.63, 3.8) is 0 Å². The molecule has 0 atom stereocenters.